The Morgan fingerprint density at radius 2 is 1.85 bits per heavy atom. The van der Waals surface area contributed by atoms with Gasteiger partial charge in [-0.25, -0.2) is 17.8 Å². The molecule has 0 radical (unpaired) electrons. The standard InChI is InChI=1S/C18H15ClFN3O2S/c1-12-9-14(20)5-7-17(12)26(24,25)23-16-6-8-18(21-11-16)22-15-4-2-3-13(19)10-15/h2-11,23H,1H3,(H,21,22). The first kappa shape index (κ1) is 18.2. The first-order valence-corrected chi connectivity index (χ1v) is 9.47. The molecule has 1 heterocycles. The molecule has 0 saturated heterocycles. The van der Waals surface area contributed by atoms with Gasteiger partial charge in [0.05, 0.1) is 16.8 Å². The highest BCUT2D eigenvalue weighted by atomic mass is 35.5. The van der Waals surface area contributed by atoms with Crippen LogP contribution in [0.3, 0.4) is 0 Å². The van der Waals surface area contributed by atoms with Crippen molar-refractivity contribution in [2.24, 2.45) is 0 Å². The summed E-state index contributed by atoms with van der Waals surface area (Å²) in [6.45, 7) is 1.54. The van der Waals surface area contributed by atoms with Gasteiger partial charge < -0.3 is 5.32 Å². The Hall–Kier alpha value is -2.64. The lowest BCUT2D eigenvalue weighted by molar-refractivity contribution is 0.598. The quantitative estimate of drug-likeness (QED) is 0.659. The zero-order chi connectivity index (χ0) is 18.7. The smallest absolute Gasteiger partial charge is 0.262 e. The van der Waals surface area contributed by atoms with Gasteiger partial charge in [0.15, 0.2) is 0 Å². The molecule has 2 aromatic carbocycles. The van der Waals surface area contributed by atoms with Gasteiger partial charge in [0.1, 0.15) is 11.6 Å². The first-order valence-electron chi connectivity index (χ1n) is 7.61. The van der Waals surface area contributed by atoms with Crippen molar-refractivity contribution in [1.29, 1.82) is 0 Å². The Kier molecular flexibility index (Phi) is 5.11. The van der Waals surface area contributed by atoms with Crippen molar-refractivity contribution in [3.05, 3.63) is 77.2 Å². The molecule has 0 aliphatic heterocycles. The molecule has 0 aliphatic rings. The number of nitrogens with zero attached hydrogens (tertiary/aromatic N) is 1. The molecular formula is C18H15ClFN3O2S. The van der Waals surface area contributed by atoms with Crippen molar-refractivity contribution in [2.75, 3.05) is 10.0 Å². The third kappa shape index (κ3) is 4.30. The van der Waals surface area contributed by atoms with Gasteiger partial charge in [-0.1, -0.05) is 17.7 Å². The number of nitrogens with one attached hydrogen (secondary N) is 2. The number of anilines is 3. The van der Waals surface area contributed by atoms with Gasteiger partial charge >= 0.3 is 0 Å². The monoisotopic (exact) mass is 391 g/mol. The predicted molar refractivity (Wildman–Crippen MR) is 101 cm³/mol. The van der Waals surface area contributed by atoms with Gasteiger partial charge in [-0.05, 0) is 61.0 Å². The van der Waals surface area contributed by atoms with E-state index in [0.29, 0.717) is 22.1 Å². The molecule has 0 fully saturated rings. The Bertz CT molecular complexity index is 1040. The van der Waals surface area contributed by atoms with E-state index in [-0.39, 0.29) is 4.90 Å². The largest absolute Gasteiger partial charge is 0.340 e. The highest BCUT2D eigenvalue weighted by Crippen LogP contribution is 2.22. The summed E-state index contributed by atoms with van der Waals surface area (Å²) in [5.41, 5.74) is 1.38. The van der Waals surface area contributed by atoms with Crippen LogP contribution < -0.4 is 10.0 Å². The fourth-order valence-electron chi connectivity index (χ4n) is 2.37. The summed E-state index contributed by atoms with van der Waals surface area (Å²) < 4.78 is 40.5. The summed E-state index contributed by atoms with van der Waals surface area (Å²) >= 11 is 5.93. The molecule has 0 amide bonds. The minimum atomic E-state index is -3.83. The molecule has 0 unspecified atom stereocenters. The van der Waals surface area contributed by atoms with Crippen LogP contribution in [0.1, 0.15) is 5.56 Å². The number of pyridine rings is 1. The number of rotatable bonds is 5. The van der Waals surface area contributed by atoms with Crippen molar-refractivity contribution in [3.63, 3.8) is 0 Å². The Labute approximate surface area is 155 Å². The van der Waals surface area contributed by atoms with E-state index in [1.54, 1.807) is 30.3 Å². The van der Waals surface area contributed by atoms with Crippen LogP contribution in [0.25, 0.3) is 0 Å². The summed E-state index contributed by atoms with van der Waals surface area (Å²) in [4.78, 5) is 4.19. The molecule has 5 nitrogen and oxygen atoms in total. The molecule has 0 saturated carbocycles. The van der Waals surface area contributed by atoms with Gasteiger partial charge in [0.25, 0.3) is 10.0 Å². The zero-order valence-corrected chi connectivity index (χ0v) is 15.3. The average Bonchev–Trinajstić information content (AvgIpc) is 2.56. The second kappa shape index (κ2) is 7.31. The van der Waals surface area contributed by atoms with E-state index in [2.05, 4.69) is 15.0 Å². The van der Waals surface area contributed by atoms with Crippen LogP contribution in [0, 0.1) is 12.7 Å². The SMILES string of the molecule is Cc1cc(F)ccc1S(=O)(=O)Nc1ccc(Nc2cccc(Cl)c2)nc1. The van der Waals surface area contributed by atoms with Crippen LogP contribution in [0.15, 0.2) is 65.7 Å². The summed E-state index contributed by atoms with van der Waals surface area (Å²) in [6, 6.07) is 13.9. The van der Waals surface area contributed by atoms with E-state index in [0.717, 1.165) is 11.8 Å². The molecule has 0 spiro atoms. The van der Waals surface area contributed by atoms with Crippen molar-refractivity contribution >= 4 is 38.8 Å². The van der Waals surface area contributed by atoms with E-state index < -0.39 is 15.8 Å². The molecule has 134 valence electrons. The minimum absolute atomic E-state index is 0.0139. The van der Waals surface area contributed by atoms with E-state index in [1.807, 2.05) is 6.07 Å². The maximum atomic E-state index is 13.2. The fraction of sp³-hybridized carbons (Fsp3) is 0.0556. The fourth-order valence-corrected chi connectivity index (χ4v) is 3.83. The lowest BCUT2D eigenvalue weighted by atomic mass is 10.2. The number of halogens is 2. The minimum Gasteiger partial charge on any atom is -0.340 e. The van der Waals surface area contributed by atoms with E-state index in [9.17, 15) is 12.8 Å². The van der Waals surface area contributed by atoms with Crippen LogP contribution in [-0.4, -0.2) is 13.4 Å². The van der Waals surface area contributed by atoms with Crippen molar-refractivity contribution in [2.45, 2.75) is 11.8 Å². The molecule has 0 bridgehead atoms. The lowest BCUT2D eigenvalue weighted by Gasteiger charge is -2.11. The summed E-state index contributed by atoms with van der Waals surface area (Å²) in [5.74, 6) is 0.0488. The Morgan fingerprint density at radius 1 is 1.04 bits per heavy atom. The van der Waals surface area contributed by atoms with Crippen LogP contribution in [-0.2, 0) is 10.0 Å². The predicted octanol–water partition coefficient (Wildman–Crippen LogP) is 4.73. The lowest BCUT2D eigenvalue weighted by Crippen LogP contribution is -2.14. The molecule has 0 atom stereocenters. The molecule has 2 N–H and O–H groups in total. The maximum absolute atomic E-state index is 13.2. The number of sulfonamides is 1. The van der Waals surface area contributed by atoms with Crippen LogP contribution >= 0.6 is 11.6 Å². The topological polar surface area (TPSA) is 71.1 Å². The Balaban J connectivity index is 1.76. The second-order valence-electron chi connectivity index (χ2n) is 5.58. The molecule has 1 aromatic heterocycles. The van der Waals surface area contributed by atoms with Gasteiger partial charge in [-0.15, -0.1) is 0 Å². The van der Waals surface area contributed by atoms with E-state index in [4.69, 9.17) is 11.6 Å². The van der Waals surface area contributed by atoms with Crippen LogP contribution in [0.4, 0.5) is 21.6 Å². The van der Waals surface area contributed by atoms with Crippen molar-refractivity contribution in [3.8, 4) is 0 Å². The summed E-state index contributed by atoms with van der Waals surface area (Å²) in [6.07, 6.45) is 1.39. The molecular weight excluding hydrogens is 377 g/mol. The van der Waals surface area contributed by atoms with Crippen LogP contribution in [0.5, 0.6) is 0 Å². The number of aromatic nitrogens is 1. The van der Waals surface area contributed by atoms with Crippen molar-refractivity contribution in [1.82, 2.24) is 4.98 Å². The third-order valence-electron chi connectivity index (χ3n) is 3.54. The normalized spacial score (nSPS) is 11.2. The number of benzene rings is 2. The van der Waals surface area contributed by atoms with Gasteiger partial charge in [0, 0.05) is 10.7 Å². The molecule has 8 heteroatoms. The zero-order valence-electron chi connectivity index (χ0n) is 13.7. The number of aryl methyl sites for hydroxylation is 1. The molecule has 3 aromatic rings. The number of hydrogen-bond donors (Lipinski definition) is 2. The van der Waals surface area contributed by atoms with E-state index in [1.165, 1.54) is 25.3 Å². The maximum Gasteiger partial charge on any atom is 0.262 e. The Morgan fingerprint density at radius 3 is 2.50 bits per heavy atom. The number of hydrogen-bond acceptors (Lipinski definition) is 4. The highest BCUT2D eigenvalue weighted by Gasteiger charge is 2.17. The van der Waals surface area contributed by atoms with Gasteiger partial charge in [-0.3, -0.25) is 4.72 Å². The molecule has 0 aliphatic carbocycles. The van der Waals surface area contributed by atoms with Crippen LogP contribution in [0.2, 0.25) is 5.02 Å². The third-order valence-corrected chi connectivity index (χ3v) is 5.32. The summed E-state index contributed by atoms with van der Waals surface area (Å²) in [5, 5.41) is 3.66. The average molecular weight is 392 g/mol. The first-order chi connectivity index (χ1) is 12.3. The van der Waals surface area contributed by atoms with Crippen molar-refractivity contribution < 1.29 is 12.8 Å². The van der Waals surface area contributed by atoms with Gasteiger partial charge in [0.2, 0.25) is 0 Å². The second-order valence-corrected chi connectivity index (χ2v) is 7.67. The molecule has 26 heavy (non-hydrogen) atoms. The highest BCUT2D eigenvalue weighted by molar-refractivity contribution is 7.92. The van der Waals surface area contributed by atoms with E-state index >= 15 is 0 Å². The summed E-state index contributed by atoms with van der Waals surface area (Å²) in [7, 11) is -3.83. The molecule has 3 rings (SSSR count). The van der Waals surface area contributed by atoms with Gasteiger partial charge in [-0.2, -0.15) is 0 Å².